The average Bonchev–Trinajstić information content (AvgIpc) is 2.68. The van der Waals surface area contributed by atoms with Crippen molar-refractivity contribution in [2.24, 2.45) is 29.1 Å². The zero-order chi connectivity index (χ0) is 11.0. The van der Waals surface area contributed by atoms with Crippen LogP contribution < -0.4 is 0 Å². The van der Waals surface area contributed by atoms with Crippen LogP contribution in [0.3, 0.4) is 0 Å². The molecule has 1 nitrogen and oxygen atoms in total. The third kappa shape index (κ3) is 1.33. The molecule has 5 saturated carbocycles. The minimum absolute atomic E-state index is 0.244. The molecule has 5 fully saturated rings. The Labute approximate surface area is 98.6 Å². The Morgan fingerprint density at radius 1 is 0.938 bits per heavy atom. The maximum Gasteiger partial charge on any atom is 0.0683 e. The summed E-state index contributed by atoms with van der Waals surface area (Å²) < 4.78 is 0. The number of rotatable bonds is 2. The van der Waals surface area contributed by atoms with E-state index in [0.717, 1.165) is 30.6 Å². The second-order valence-electron chi connectivity index (χ2n) is 7.80. The van der Waals surface area contributed by atoms with E-state index in [4.69, 9.17) is 0 Å². The van der Waals surface area contributed by atoms with Crippen LogP contribution in [-0.4, -0.2) is 10.7 Å². The van der Waals surface area contributed by atoms with E-state index < -0.39 is 0 Å². The third-order valence-electron chi connectivity index (χ3n) is 6.26. The van der Waals surface area contributed by atoms with E-state index in [-0.39, 0.29) is 5.60 Å². The van der Waals surface area contributed by atoms with Crippen molar-refractivity contribution in [1.82, 2.24) is 0 Å². The molecule has 5 aliphatic rings. The van der Waals surface area contributed by atoms with Crippen LogP contribution in [0.25, 0.3) is 0 Å². The minimum atomic E-state index is -0.244. The van der Waals surface area contributed by atoms with Crippen molar-refractivity contribution < 1.29 is 5.11 Å². The smallest absolute Gasteiger partial charge is 0.0683 e. The first-order valence-electron chi connectivity index (χ1n) is 7.29. The second-order valence-corrected chi connectivity index (χ2v) is 7.80. The Kier molecular flexibility index (Phi) is 1.77. The quantitative estimate of drug-likeness (QED) is 0.756. The molecule has 0 heterocycles. The molecule has 0 spiro atoms. The fraction of sp³-hybridized carbons (Fsp3) is 1.00. The number of hydrogen-bond donors (Lipinski definition) is 1. The van der Waals surface area contributed by atoms with Crippen molar-refractivity contribution in [1.29, 1.82) is 0 Å². The molecule has 0 aliphatic heterocycles. The van der Waals surface area contributed by atoms with Crippen molar-refractivity contribution in [3.05, 3.63) is 0 Å². The molecular formula is C15H24O. The van der Waals surface area contributed by atoms with Gasteiger partial charge in [0.25, 0.3) is 0 Å². The largest absolute Gasteiger partial charge is 0.390 e. The predicted molar refractivity (Wildman–Crippen MR) is 64.0 cm³/mol. The lowest BCUT2D eigenvalue weighted by molar-refractivity contribution is -0.0827. The molecule has 1 N–H and O–H groups in total. The van der Waals surface area contributed by atoms with Gasteiger partial charge in [0.15, 0.2) is 0 Å². The molecule has 0 aromatic rings. The van der Waals surface area contributed by atoms with Gasteiger partial charge in [0.2, 0.25) is 0 Å². The molecule has 0 saturated heterocycles. The Morgan fingerprint density at radius 3 is 1.75 bits per heavy atom. The van der Waals surface area contributed by atoms with E-state index in [2.05, 4.69) is 6.92 Å². The average molecular weight is 220 g/mol. The zero-order valence-electron chi connectivity index (χ0n) is 10.4. The van der Waals surface area contributed by atoms with Crippen LogP contribution in [0, 0.1) is 29.1 Å². The molecule has 5 aliphatic carbocycles. The Hall–Kier alpha value is -0.0400. The summed E-state index contributed by atoms with van der Waals surface area (Å²) in [4.78, 5) is 0. The lowest BCUT2D eigenvalue weighted by Gasteiger charge is -2.57. The summed E-state index contributed by atoms with van der Waals surface area (Å²) in [6, 6.07) is 0. The maximum atomic E-state index is 10.5. The van der Waals surface area contributed by atoms with E-state index in [0.29, 0.717) is 11.3 Å². The van der Waals surface area contributed by atoms with Crippen molar-refractivity contribution >= 4 is 0 Å². The van der Waals surface area contributed by atoms with Crippen LogP contribution in [0.2, 0.25) is 0 Å². The van der Waals surface area contributed by atoms with Crippen LogP contribution in [0.5, 0.6) is 0 Å². The maximum absolute atomic E-state index is 10.5. The van der Waals surface area contributed by atoms with Crippen molar-refractivity contribution in [3.63, 3.8) is 0 Å². The highest BCUT2D eigenvalue weighted by atomic mass is 16.3. The van der Waals surface area contributed by atoms with Gasteiger partial charge in [0, 0.05) is 0 Å². The van der Waals surface area contributed by atoms with Gasteiger partial charge in [-0.25, -0.2) is 0 Å². The van der Waals surface area contributed by atoms with Crippen LogP contribution in [0.4, 0.5) is 0 Å². The van der Waals surface area contributed by atoms with E-state index >= 15 is 0 Å². The highest BCUT2D eigenvalue weighted by Crippen LogP contribution is 2.65. The second kappa shape index (κ2) is 2.85. The van der Waals surface area contributed by atoms with E-state index in [1.54, 1.807) is 0 Å². The molecule has 0 radical (unpaired) electrons. The Bertz CT molecular complexity index is 286. The first-order valence-corrected chi connectivity index (χ1v) is 7.29. The third-order valence-corrected chi connectivity index (χ3v) is 6.26. The molecule has 2 atom stereocenters. The summed E-state index contributed by atoms with van der Waals surface area (Å²) >= 11 is 0. The van der Waals surface area contributed by atoms with Gasteiger partial charge in [-0.05, 0) is 80.5 Å². The van der Waals surface area contributed by atoms with Crippen LogP contribution in [0.15, 0.2) is 0 Å². The molecule has 5 rings (SSSR count). The number of aliphatic hydroxyl groups is 1. The summed E-state index contributed by atoms with van der Waals surface area (Å²) in [7, 11) is 0. The van der Waals surface area contributed by atoms with Crippen molar-refractivity contribution in [2.75, 3.05) is 0 Å². The fourth-order valence-electron chi connectivity index (χ4n) is 5.87. The normalized spacial score (nSPS) is 62.6. The molecular weight excluding hydrogens is 196 g/mol. The standard InChI is InChI=1S/C15H24O/c1-10-5-15(10,16)9-14-6-11-2-12(7-14)4-13(3-11)8-14/h10-13,16H,2-9H2,1H3. The lowest BCUT2D eigenvalue weighted by atomic mass is 9.48. The van der Waals surface area contributed by atoms with Gasteiger partial charge in [-0.15, -0.1) is 0 Å². The van der Waals surface area contributed by atoms with Gasteiger partial charge >= 0.3 is 0 Å². The molecule has 90 valence electrons. The van der Waals surface area contributed by atoms with Crippen molar-refractivity contribution in [3.8, 4) is 0 Å². The molecule has 2 unspecified atom stereocenters. The summed E-state index contributed by atoms with van der Waals surface area (Å²) in [5.74, 6) is 3.68. The fourth-order valence-corrected chi connectivity index (χ4v) is 5.87. The van der Waals surface area contributed by atoms with Gasteiger partial charge in [-0.1, -0.05) is 6.92 Å². The summed E-state index contributed by atoms with van der Waals surface area (Å²) in [5, 5.41) is 10.5. The Balaban J connectivity index is 1.58. The van der Waals surface area contributed by atoms with Gasteiger partial charge in [-0.3, -0.25) is 0 Å². The highest BCUT2D eigenvalue weighted by Gasteiger charge is 2.58. The van der Waals surface area contributed by atoms with Crippen LogP contribution in [0.1, 0.15) is 58.3 Å². The molecule has 4 bridgehead atoms. The van der Waals surface area contributed by atoms with Gasteiger partial charge < -0.3 is 5.11 Å². The molecule has 0 aromatic heterocycles. The molecule has 0 amide bonds. The lowest BCUT2D eigenvalue weighted by Crippen LogP contribution is -2.47. The monoisotopic (exact) mass is 220 g/mol. The Morgan fingerprint density at radius 2 is 1.38 bits per heavy atom. The predicted octanol–water partition coefficient (Wildman–Crippen LogP) is 3.36. The van der Waals surface area contributed by atoms with Gasteiger partial charge in [-0.2, -0.15) is 0 Å². The van der Waals surface area contributed by atoms with Gasteiger partial charge in [0.1, 0.15) is 0 Å². The summed E-state index contributed by atoms with van der Waals surface area (Å²) in [5.41, 5.74) is 0.333. The zero-order valence-corrected chi connectivity index (χ0v) is 10.4. The first-order chi connectivity index (χ1) is 7.57. The SMILES string of the molecule is CC1CC1(O)CC12CC3CC(CC(C3)C1)C2. The summed E-state index contributed by atoms with van der Waals surface area (Å²) in [6.07, 6.45) is 11.1. The first kappa shape index (κ1) is 9.94. The molecule has 1 heteroatoms. The van der Waals surface area contributed by atoms with E-state index in [1.165, 1.54) is 38.5 Å². The van der Waals surface area contributed by atoms with Crippen molar-refractivity contribution in [2.45, 2.75) is 63.9 Å². The van der Waals surface area contributed by atoms with Crippen LogP contribution in [-0.2, 0) is 0 Å². The topological polar surface area (TPSA) is 20.2 Å². The van der Waals surface area contributed by atoms with E-state index in [1.807, 2.05) is 0 Å². The minimum Gasteiger partial charge on any atom is -0.390 e. The summed E-state index contributed by atoms with van der Waals surface area (Å²) in [6.45, 7) is 2.22. The van der Waals surface area contributed by atoms with Gasteiger partial charge in [0.05, 0.1) is 5.60 Å². The highest BCUT2D eigenvalue weighted by molar-refractivity contribution is 5.09. The van der Waals surface area contributed by atoms with E-state index in [9.17, 15) is 5.11 Å². The molecule has 16 heavy (non-hydrogen) atoms. The molecule has 0 aromatic carbocycles. The van der Waals surface area contributed by atoms with Crippen LogP contribution >= 0.6 is 0 Å². The number of hydrogen-bond acceptors (Lipinski definition) is 1.